The number of piperidine rings is 1. The van der Waals surface area contributed by atoms with Crippen LogP contribution in [0.15, 0.2) is 22.7 Å². The van der Waals surface area contributed by atoms with Crippen LogP contribution in [0.4, 0.5) is 0 Å². The molecule has 1 aliphatic rings. The third kappa shape index (κ3) is 4.23. The standard InChI is InChI=1S/C16H20BrClN2O2/c1-10(2)16(22)20-7-5-12(6-8-20)19-15(21)13-4-3-11(17)9-14(13)18/h3-4,9-10,12H,5-8H2,1-2H3,(H,19,21). The highest BCUT2D eigenvalue weighted by Gasteiger charge is 2.25. The molecule has 0 spiro atoms. The number of carbonyl (C=O) groups is 2. The highest BCUT2D eigenvalue weighted by atomic mass is 79.9. The van der Waals surface area contributed by atoms with Gasteiger partial charge in [0.25, 0.3) is 5.91 Å². The Morgan fingerprint density at radius 3 is 2.50 bits per heavy atom. The van der Waals surface area contributed by atoms with Crippen LogP contribution in [0.3, 0.4) is 0 Å². The Balaban J connectivity index is 1.90. The van der Waals surface area contributed by atoms with Crippen molar-refractivity contribution in [1.82, 2.24) is 10.2 Å². The monoisotopic (exact) mass is 386 g/mol. The molecule has 0 radical (unpaired) electrons. The molecule has 1 aromatic carbocycles. The van der Waals surface area contributed by atoms with Gasteiger partial charge in [-0.3, -0.25) is 9.59 Å². The predicted octanol–water partition coefficient (Wildman–Crippen LogP) is 3.48. The molecule has 0 bridgehead atoms. The molecule has 4 nitrogen and oxygen atoms in total. The van der Waals surface area contributed by atoms with Gasteiger partial charge >= 0.3 is 0 Å². The molecule has 1 N–H and O–H groups in total. The van der Waals surface area contributed by atoms with Crippen LogP contribution in [0.1, 0.15) is 37.0 Å². The summed E-state index contributed by atoms with van der Waals surface area (Å²) in [5, 5.41) is 3.44. The van der Waals surface area contributed by atoms with Crippen LogP contribution in [0.2, 0.25) is 5.02 Å². The maximum atomic E-state index is 12.3. The molecule has 2 amide bonds. The fourth-order valence-corrected chi connectivity index (χ4v) is 3.31. The molecule has 0 aliphatic carbocycles. The number of likely N-dealkylation sites (tertiary alicyclic amines) is 1. The highest BCUT2D eigenvalue weighted by molar-refractivity contribution is 9.10. The Bertz CT molecular complexity index is 569. The van der Waals surface area contributed by atoms with Gasteiger partial charge in [0.1, 0.15) is 0 Å². The van der Waals surface area contributed by atoms with E-state index in [1.54, 1.807) is 18.2 Å². The fourth-order valence-electron chi connectivity index (χ4n) is 2.55. The molecule has 2 rings (SSSR count). The molecule has 1 aliphatic heterocycles. The smallest absolute Gasteiger partial charge is 0.253 e. The summed E-state index contributed by atoms with van der Waals surface area (Å²) in [6, 6.07) is 5.30. The zero-order valence-electron chi connectivity index (χ0n) is 12.7. The maximum absolute atomic E-state index is 12.3. The van der Waals surface area contributed by atoms with E-state index in [0.29, 0.717) is 23.7 Å². The fraction of sp³-hybridized carbons (Fsp3) is 0.500. The van der Waals surface area contributed by atoms with Crippen molar-refractivity contribution in [3.63, 3.8) is 0 Å². The van der Waals surface area contributed by atoms with Crippen molar-refractivity contribution in [3.05, 3.63) is 33.3 Å². The molecular weight excluding hydrogens is 368 g/mol. The zero-order chi connectivity index (χ0) is 16.3. The predicted molar refractivity (Wildman–Crippen MR) is 91.1 cm³/mol. The minimum Gasteiger partial charge on any atom is -0.349 e. The van der Waals surface area contributed by atoms with Crippen molar-refractivity contribution < 1.29 is 9.59 Å². The van der Waals surface area contributed by atoms with Gasteiger partial charge in [0.15, 0.2) is 0 Å². The van der Waals surface area contributed by atoms with E-state index in [4.69, 9.17) is 11.6 Å². The molecule has 1 aromatic rings. The van der Waals surface area contributed by atoms with E-state index in [1.807, 2.05) is 18.7 Å². The molecular formula is C16H20BrClN2O2. The lowest BCUT2D eigenvalue weighted by Crippen LogP contribution is -2.47. The van der Waals surface area contributed by atoms with E-state index in [2.05, 4.69) is 21.2 Å². The molecule has 0 saturated carbocycles. The van der Waals surface area contributed by atoms with Gasteiger partial charge in [-0.25, -0.2) is 0 Å². The Hall–Kier alpha value is -1.07. The number of hydrogen-bond donors (Lipinski definition) is 1. The van der Waals surface area contributed by atoms with Crippen molar-refractivity contribution in [3.8, 4) is 0 Å². The third-order valence-corrected chi connectivity index (χ3v) is 4.62. The van der Waals surface area contributed by atoms with Crippen LogP contribution in [0, 0.1) is 5.92 Å². The number of carbonyl (C=O) groups excluding carboxylic acids is 2. The Kier molecular flexibility index (Phi) is 5.87. The third-order valence-electron chi connectivity index (χ3n) is 3.81. The maximum Gasteiger partial charge on any atom is 0.253 e. The summed E-state index contributed by atoms with van der Waals surface area (Å²) in [5.74, 6) is 0.0413. The van der Waals surface area contributed by atoms with Gasteiger partial charge in [-0.15, -0.1) is 0 Å². The average molecular weight is 388 g/mol. The largest absolute Gasteiger partial charge is 0.349 e. The first kappa shape index (κ1) is 17.3. The molecule has 0 aromatic heterocycles. The van der Waals surface area contributed by atoms with Crippen LogP contribution in [0.5, 0.6) is 0 Å². The summed E-state index contributed by atoms with van der Waals surface area (Å²) in [4.78, 5) is 26.1. The average Bonchev–Trinajstić information content (AvgIpc) is 2.47. The van der Waals surface area contributed by atoms with E-state index in [1.165, 1.54) is 0 Å². The number of halogens is 2. The molecule has 6 heteroatoms. The second-order valence-corrected chi connectivity index (χ2v) is 7.17. The van der Waals surface area contributed by atoms with Crippen molar-refractivity contribution >= 4 is 39.3 Å². The van der Waals surface area contributed by atoms with Crippen LogP contribution in [-0.4, -0.2) is 35.8 Å². The van der Waals surface area contributed by atoms with Gasteiger partial charge in [0, 0.05) is 29.5 Å². The summed E-state index contributed by atoms with van der Waals surface area (Å²) in [6.45, 7) is 5.20. The van der Waals surface area contributed by atoms with E-state index in [0.717, 1.165) is 17.3 Å². The van der Waals surface area contributed by atoms with Gasteiger partial charge < -0.3 is 10.2 Å². The normalized spacial score (nSPS) is 16.0. The number of nitrogens with zero attached hydrogens (tertiary/aromatic N) is 1. The van der Waals surface area contributed by atoms with Crippen molar-refractivity contribution in [1.29, 1.82) is 0 Å². The van der Waals surface area contributed by atoms with Crippen molar-refractivity contribution in [2.24, 2.45) is 5.92 Å². The first-order valence-corrected chi connectivity index (χ1v) is 8.60. The minimum absolute atomic E-state index is 0.0210. The molecule has 1 fully saturated rings. The molecule has 120 valence electrons. The number of amides is 2. The molecule has 0 unspecified atom stereocenters. The lowest BCUT2D eigenvalue weighted by atomic mass is 10.0. The van der Waals surface area contributed by atoms with Crippen LogP contribution < -0.4 is 5.32 Å². The minimum atomic E-state index is -0.161. The Morgan fingerprint density at radius 2 is 1.95 bits per heavy atom. The first-order chi connectivity index (χ1) is 10.4. The number of nitrogens with one attached hydrogen (secondary N) is 1. The van der Waals surface area contributed by atoms with Gasteiger partial charge in [-0.1, -0.05) is 41.4 Å². The zero-order valence-corrected chi connectivity index (χ0v) is 15.1. The van der Waals surface area contributed by atoms with Crippen LogP contribution in [-0.2, 0) is 4.79 Å². The quantitative estimate of drug-likeness (QED) is 0.863. The van der Waals surface area contributed by atoms with Gasteiger partial charge in [-0.2, -0.15) is 0 Å². The summed E-state index contributed by atoms with van der Waals surface area (Å²) in [6.07, 6.45) is 1.55. The van der Waals surface area contributed by atoms with Crippen LogP contribution >= 0.6 is 27.5 Å². The van der Waals surface area contributed by atoms with E-state index < -0.39 is 0 Å². The van der Waals surface area contributed by atoms with E-state index in [-0.39, 0.29) is 23.8 Å². The van der Waals surface area contributed by atoms with Gasteiger partial charge in [0.2, 0.25) is 5.91 Å². The topological polar surface area (TPSA) is 49.4 Å². The first-order valence-electron chi connectivity index (χ1n) is 7.43. The highest BCUT2D eigenvalue weighted by Crippen LogP contribution is 2.22. The lowest BCUT2D eigenvalue weighted by molar-refractivity contribution is -0.135. The lowest BCUT2D eigenvalue weighted by Gasteiger charge is -2.33. The summed E-state index contributed by atoms with van der Waals surface area (Å²) >= 11 is 9.42. The number of hydrogen-bond acceptors (Lipinski definition) is 2. The van der Waals surface area contributed by atoms with Gasteiger partial charge in [0.05, 0.1) is 10.6 Å². The van der Waals surface area contributed by atoms with Gasteiger partial charge in [-0.05, 0) is 31.0 Å². The summed E-state index contributed by atoms with van der Waals surface area (Å²) in [7, 11) is 0. The summed E-state index contributed by atoms with van der Waals surface area (Å²) in [5.41, 5.74) is 0.477. The summed E-state index contributed by atoms with van der Waals surface area (Å²) < 4.78 is 0.842. The van der Waals surface area contributed by atoms with E-state index >= 15 is 0 Å². The molecule has 1 saturated heterocycles. The Labute approximate surface area is 144 Å². The van der Waals surface area contributed by atoms with Crippen LogP contribution in [0.25, 0.3) is 0 Å². The molecule has 1 heterocycles. The number of benzene rings is 1. The Morgan fingerprint density at radius 1 is 1.32 bits per heavy atom. The molecule has 0 atom stereocenters. The second kappa shape index (κ2) is 7.47. The van der Waals surface area contributed by atoms with E-state index in [9.17, 15) is 9.59 Å². The van der Waals surface area contributed by atoms with Crippen molar-refractivity contribution in [2.45, 2.75) is 32.7 Å². The second-order valence-electron chi connectivity index (χ2n) is 5.85. The molecule has 22 heavy (non-hydrogen) atoms. The number of rotatable bonds is 3. The SMILES string of the molecule is CC(C)C(=O)N1CCC(NC(=O)c2ccc(Br)cc2Cl)CC1. The van der Waals surface area contributed by atoms with Crippen molar-refractivity contribution in [2.75, 3.05) is 13.1 Å².